The van der Waals surface area contributed by atoms with Crippen molar-refractivity contribution in [3.05, 3.63) is 47.0 Å². The van der Waals surface area contributed by atoms with Crippen LogP contribution in [0.5, 0.6) is 0 Å². The maximum absolute atomic E-state index is 13.1. The molecule has 1 aromatic carbocycles. The Bertz CT molecular complexity index is 1520. The van der Waals surface area contributed by atoms with Gasteiger partial charge in [-0.05, 0) is 63.0 Å². The molecule has 2 saturated carbocycles. The lowest BCUT2D eigenvalue weighted by Gasteiger charge is -2.27. The summed E-state index contributed by atoms with van der Waals surface area (Å²) < 4.78 is 33.6. The molecule has 2 N–H and O–H groups in total. The number of nitrogens with one attached hydrogen (secondary N) is 1. The van der Waals surface area contributed by atoms with E-state index in [2.05, 4.69) is 5.32 Å². The highest BCUT2D eigenvalue weighted by Crippen LogP contribution is 2.47. The first-order chi connectivity index (χ1) is 18.5. The third-order valence-corrected chi connectivity index (χ3v) is 9.30. The lowest BCUT2D eigenvalue weighted by atomic mass is 9.81. The lowest BCUT2D eigenvalue weighted by Crippen LogP contribution is -2.34. The first-order valence-electron chi connectivity index (χ1n) is 13.5. The van der Waals surface area contributed by atoms with E-state index in [1.54, 1.807) is 7.05 Å². The van der Waals surface area contributed by atoms with Gasteiger partial charge in [0.1, 0.15) is 11.6 Å². The van der Waals surface area contributed by atoms with Crippen LogP contribution in [0.3, 0.4) is 0 Å². The van der Waals surface area contributed by atoms with Crippen LogP contribution in [-0.4, -0.2) is 50.2 Å². The average Bonchev–Trinajstić information content (AvgIpc) is 3.50. The summed E-state index contributed by atoms with van der Waals surface area (Å²) in [7, 11) is -2.17. The third kappa shape index (κ3) is 5.26. The molecule has 208 valence electrons. The maximum Gasteiger partial charge on any atom is 0.309 e. The number of benzene rings is 1. The van der Waals surface area contributed by atoms with Crippen LogP contribution in [0.25, 0.3) is 22.4 Å². The number of aryl methyl sites for hydroxylation is 1. The van der Waals surface area contributed by atoms with E-state index in [4.69, 9.17) is 9.40 Å². The van der Waals surface area contributed by atoms with Crippen molar-refractivity contribution in [3.8, 4) is 11.3 Å². The van der Waals surface area contributed by atoms with E-state index < -0.39 is 21.4 Å². The fraction of sp³-hybridized carbons (Fsp3) is 0.483. The van der Waals surface area contributed by atoms with E-state index in [9.17, 15) is 23.1 Å². The zero-order valence-electron chi connectivity index (χ0n) is 22.6. The molecule has 3 aromatic rings. The highest BCUT2D eigenvalue weighted by Gasteiger charge is 2.41. The van der Waals surface area contributed by atoms with E-state index >= 15 is 0 Å². The Morgan fingerprint density at radius 1 is 1.18 bits per heavy atom. The monoisotopic (exact) mass is 553 g/mol. The maximum atomic E-state index is 13.1. The quantitative estimate of drug-likeness (QED) is 0.352. The molecule has 2 aliphatic carbocycles. The Labute approximate surface area is 228 Å². The molecule has 0 bridgehead atoms. The molecule has 2 aromatic heterocycles. The van der Waals surface area contributed by atoms with E-state index in [-0.39, 0.29) is 24.1 Å². The summed E-state index contributed by atoms with van der Waals surface area (Å²) in [6, 6.07) is 9.49. The van der Waals surface area contributed by atoms with Gasteiger partial charge in [-0.2, -0.15) is 4.98 Å². The standard InChI is InChI=1S/C29H35N3O6S/c1-18-7-9-20(10-8-18)24-23(26(33)30-2)22-17-21(19-11-12-19)25(31-27(22)38-24)32(39(3,36)37)16-6-15-29(28(34)35)13-4-5-14-29/h7-10,17,19H,4-6,11-16H2,1-3H3,(H,30,33)(H,34,35). The number of hydrogen-bond acceptors (Lipinski definition) is 6. The second kappa shape index (κ2) is 10.3. The van der Waals surface area contributed by atoms with Gasteiger partial charge in [0.15, 0.2) is 0 Å². The van der Waals surface area contributed by atoms with Crippen LogP contribution in [0.2, 0.25) is 0 Å². The summed E-state index contributed by atoms with van der Waals surface area (Å²) in [5, 5.41) is 13.1. The average molecular weight is 554 g/mol. The minimum atomic E-state index is -3.73. The number of nitrogens with zero attached hydrogens (tertiary/aromatic N) is 2. The highest BCUT2D eigenvalue weighted by atomic mass is 32.2. The summed E-state index contributed by atoms with van der Waals surface area (Å²) in [6.45, 7) is 2.10. The zero-order valence-corrected chi connectivity index (χ0v) is 23.4. The summed E-state index contributed by atoms with van der Waals surface area (Å²) >= 11 is 0. The summed E-state index contributed by atoms with van der Waals surface area (Å²) in [6.07, 6.45) is 6.76. The van der Waals surface area contributed by atoms with Gasteiger partial charge in [-0.15, -0.1) is 0 Å². The molecular formula is C29H35N3O6S. The molecular weight excluding hydrogens is 518 g/mol. The number of carbonyl (C=O) groups is 2. The second-order valence-electron chi connectivity index (χ2n) is 11.0. The molecule has 0 radical (unpaired) electrons. The number of amides is 1. The molecule has 1 amide bonds. The smallest absolute Gasteiger partial charge is 0.309 e. The SMILES string of the molecule is CNC(=O)c1c(-c2ccc(C)cc2)oc2nc(N(CCCC3(C(=O)O)CCCC3)S(C)(=O)=O)c(C3CC3)cc12. The number of pyridine rings is 1. The number of sulfonamides is 1. The van der Waals surface area contributed by atoms with Crippen molar-refractivity contribution >= 4 is 38.8 Å². The van der Waals surface area contributed by atoms with Gasteiger partial charge in [0.05, 0.1) is 22.6 Å². The number of carboxylic acids is 1. The molecule has 10 heteroatoms. The number of carbonyl (C=O) groups excluding carboxylic acids is 1. The van der Waals surface area contributed by atoms with E-state index in [1.165, 1.54) is 4.31 Å². The Hall–Kier alpha value is -3.40. The number of aromatic nitrogens is 1. The fourth-order valence-corrected chi connectivity index (χ4v) is 6.72. The molecule has 0 spiro atoms. The van der Waals surface area contributed by atoms with Crippen molar-refractivity contribution in [1.29, 1.82) is 0 Å². The van der Waals surface area contributed by atoms with Gasteiger partial charge in [0.25, 0.3) is 5.91 Å². The van der Waals surface area contributed by atoms with Crippen LogP contribution >= 0.6 is 0 Å². The van der Waals surface area contributed by atoms with Gasteiger partial charge in [0.2, 0.25) is 15.7 Å². The minimum absolute atomic E-state index is 0.125. The Kier molecular flexibility index (Phi) is 7.17. The molecule has 2 heterocycles. The van der Waals surface area contributed by atoms with E-state index in [0.717, 1.165) is 48.6 Å². The number of aliphatic carboxylic acids is 1. The molecule has 5 rings (SSSR count). The number of anilines is 1. The molecule has 9 nitrogen and oxygen atoms in total. The van der Waals surface area contributed by atoms with Crippen molar-refractivity contribution in [2.45, 2.75) is 64.2 Å². The number of carboxylic acid groups (broad SMARTS) is 1. The van der Waals surface area contributed by atoms with Crippen molar-refractivity contribution in [1.82, 2.24) is 10.3 Å². The third-order valence-electron chi connectivity index (χ3n) is 8.14. The summed E-state index contributed by atoms with van der Waals surface area (Å²) in [5.41, 5.74) is 2.33. The summed E-state index contributed by atoms with van der Waals surface area (Å²) in [5.74, 6) is -0.292. The predicted octanol–water partition coefficient (Wildman–Crippen LogP) is 5.23. The van der Waals surface area contributed by atoms with Crippen LogP contribution < -0.4 is 9.62 Å². The number of furan rings is 1. The van der Waals surface area contributed by atoms with Crippen LogP contribution in [0, 0.1) is 12.3 Å². The Morgan fingerprint density at radius 2 is 1.85 bits per heavy atom. The van der Waals surface area contributed by atoms with Gasteiger partial charge < -0.3 is 14.8 Å². The van der Waals surface area contributed by atoms with Crippen LogP contribution in [0.1, 0.15) is 78.8 Å². The molecule has 0 saturated heterocycles. The van der Waals surface area contributed by atoms with Crippen LogP contribution in [-0.2, 0) is 14.8 Å². The fourth-order valence-electron chi connectivity index (χ4n) is 5.80. The van der Waals surface area contributed by atoms with Crippen LogP contribution in [0.15, 0.2) is 34.7 Å². The Balaban J connectivity index is 1.58. The zero-order chi connectivity index (χ0) is 27.9. The first kappa shape index (κ1) is 27.2. The molecule has 2 fully saturated rings. The normalized spacial score (nSPS) is 16.9. The predicted molar refractivity (Wildman–Crippen MR) is 150 cm³/mol. The van der Waals surface area contributed by atoms with Crippen molar-refractivity contribution in [3.63, 3.8) is 0 Å². The van der Waals surface area contributed by atoms with Crippen molar-refractivity contribution in [2.24, 2.45) is 5.41 Å². The largest absolute Gasteiger partial charge is 0.481 e. The topological polar surface area (TPSA) is 130 Å². The minimum Gasteiger partial charge on any atom is -0.481 e. The van der Waals surface area contributed by atoms with E-state index in [1.807, 2.05) is 37.3 Å². The molecule has 0 unspecified atom stereocenters. The van der Waals surface area contributed by atoms with Gasteiger partial charge in [-0.25, -0.2) is 8.42 Å². The second-order valence-corrected chi connectivity index (χ2v) is 12.9. The van der Waals surface area contributed by atoms with Gasteiger partial charge in [0, 0.05) is 19.2 Å². The lowest BCUT2D eigenvalue weighted by molar-refractivity contribution is -0.149. The van der Waals surface area contributed by atoms with Gasteiger partial charge in [-0.3, -0.25) is 13.9 Å². The number of rotatable bonds is 10. The Morgan fingerprint density at radius 3 is 2.41 bits per heavy atom. The van der Waals surface area contributed by atoms with E-state index in [0.29, 0.717) is 48.2 Å². The van der Waals surface area contributed by atoms with Crippen LogP contribution in [0.4, 0.5) is 5.82 Å². The molecule has 2 aliphatic rings. The number of hydrogen-bond donors (Lipinski definition) is 2. The molecule has 0 aliphatic heterocycles. The van der Waals surface area contributed by atoms with Gasteiger partial charge >= 0.3 is 5.97 Å². The highest BCUT2D eigenvalue weighted by molar-refractivity contribution is 7.92. The number of fused-ring (bicyclic) bond motifs is 1. The van der Waals surface area contributed by atoms with Crippen molar-refractivity contribution < 1.29 is 27.5 Å². The van der Waals surface area contributed by atoms with Gasteiger partial charge in [-0.1, -0.05) is 42.7 Å². The summed E-state index contributed by atoms with van der Waals surface area (Å²) in [4.78, 5) is 29.8. The molecule has 39 heavy (non-hydrogen) atoms. The first-order valence-corrected chi connectivity index (χ1v) is 15.4. The molecule has 0 atom stereocenters. The van der Waals surface area contributed by atoms with Crippen molar-refractivity contribution in [2.75, 3.05) is 24.2 Å².